The standard InChI is InChI=1S/C13H16N4O3/c1-2-6-16-7-5-11(18)17(13(16)19)8-10-14-12(15-20-10)9-3-4-9/h5,7,9H,2-4,6,8H2,1H3. The van der Waals surface area contributed by atoms with Gasteiger partial charge < -0.3 is 9.09 Å². The molecule has 20 heavy (non-hydrogen) atoms. The SMILES string of the molecule is CCCn1ccc(=O)n(Cc2nc(C3CC3)no2)c1=O. The molecule has 0 aliphatic heterocycles. The van der Waals surface area contributed by atoms with Crippen molar-refractivity contribution in [3.63, 3.8) is 0 Å². The highest BCUT2D eigenvalue weighted by Gasteiger charge is 2.28. The molecule has 1 saturated carbocycles. The lowest BCUT2D eigenvalue weighted by molar-refractivity contribution is 0.360. The molecule has 1 aliphatic carbocycles. The quantitative estimate of drug-likeness (QED) is 0.804. The Morgan fingerprint density at radius 1 is 1.40 bits per heavy atom. The Morgan fingerprint density at radius 3 is 2.90 bits per heavy atom. The number of nitrogens with zero attached hydrogens (tertiary/aromatic N) is 4. The van der Waals surface area contributed by atoms with Gasteiger partial charge in [-0.1, -0.05) is 12.1 Å². The Balaban J connectivity index is 1.90. The van der Waals surface area contributed by atoms with Crippen molar-refractivity contribution in [2.24, 2.45) is 0 Å². The first-order valence-corrected chi connectivity index (χ1v) is 6.82. The maximum absolute atomic E-state index is 12.2. The van der Waals surface area contributed by atoms with E-state index in [2.05, 4.69) is 10.1 Å². The normalized spacial score (nSPS) is 14.7. The fourth-order valence-electron chi connectivity index (χ4n) is 2.09. The summed E-state index contributed by atoms with van der Waals surface area (Å²) in [7, 11) is 0. The van der Waals surface area contributed by atoms with Crippen LogP contribution >= 0.6 is 0 Å². The fourth-order valence-corrected chi connectivity index (χ4v) is 2.09. The minimum absolute atomic E-state index is 0.0297. The number of aryl methyl sites for hydroxylation is 1. The molecule has 0 aromatic carbocycles. The van der Waals surface area contributed by atoms with Crippen LogP contribution in [-0.2, 0) is 13.1 Å². The van der Waals surface area contributed by atoms with Crippen LogP contribution in [0.2, 0.25) is 0 Å². The van der Waals surface area contributed by atoms with E-state index in [0.717, 1.165) is 23.8 Å². The second-order valence-corrected chi connectivity index (χ2v) is 5.04. The Hall–Kier alpha value is -2.18. The number of hydrogen-bond acceptors (Lipinski definition) is 5. The lowest BCUT2D eigenvalue weighted by Crippen LogP contribution is -2.39. The summed E-state index contributed by atoms with van der Waals surface area (Å²) in [6, 6.07) is 1.38. The maximum Gasteiger partial charge on any atom is 0.331 e. The van der Waals surface area contributed by atoms with E-state index < -0.39 is 0 Å². The van der Waals surface area contributed by atoms with E-state index >= 15 is 0 Å². The van der Waals surface area contributed by atoms with Crippen LogP contribution in [-0.4, -0.2) is 19.3 Å². The Labute approximate surface area is 114 Å². The van der Waals surface area contributed by atoms with Crippen molar-refractivity contribution >= 4 is 0 Å². The monoisotopic (exact) mass is 276 g/mol. The van der Waals surface area contributed by atoms with Crippen molar-refractivity contribution in [3.8, 4) is 0 Å². The third-order valence-corrected chi connectivity index (χ3v) is 3.32. The first kappa shape index (κ1) is 12.8. The smallest absolute Gasteiger partial charge is 0.331 e. The molecule has 0 saturated heterocycles. The van der Waals surface area contributed by atoms with Gasteiger partial charge in [0.05, 0.1) is 0 Å². The topological polar surface area (TPSA) is 82.9 Å². The zero-order chi connectivity index (χ0) is 14.1. The van der Waals surface area contributed by atoms with Gasteiger partial charge in [-0.15, -0.1) is 0 Å². The van der Waals surface area contributed by atoms with Gasteiger partial charge in [-0.25, -0.2) is 4.79 Å². The molecule has 106 valence electrons. The van der Waals surface area contributed by atoms with Crippen LogP contribution < -0.4 is 11.2 Å². The zero-order valence-corrected chi connectivity index (χ0v) is 11.3. The van der Waals surface area contributed by atoms with Crippen LogP contribution in [0.3, 0.4) is 0 Å². The van der Waals surface area contributed by atoms with Crippen LogP contribution in [0.1, 0.15) is 43.8 Å². The lowest BCUT2D eigenvalue weighted by atomic mass is 10.4. The molecule has 0 atom stereocenters. The first-order chi connectivity index (χ1) is 9.69. The van der Waals surface area contributed by atoms with E-state index in [-0.39, 0.29) is 17.8 Å². The third-order valence-electron chi connectivity index (χ3n) is 3.32. The van der Waals surface area contributed by atoms with E-state index in [1.165, 1.54) is 16.8 Å². The summed E-state index contributed by atoms with van der Waals surface area (Å²) in [5, 5.41) is 3.88. The third kappa shape index (κ3) is 2.43. The molecule has 2 heterocycles. The van der Waals surface area contributed by atoms with Gasteiger partial charge in [-0.3, -0.25) is 9.36 Å². The molecule has 7 nitrogen and oxygen atoms in total. The molecule has 0 radical (unpaired) electrons. The average molecular weight is 276 g/mol. The molecule has 1 fully saturated rings. The molecular weight excluding hydrogens is 260 g/mol. The van der Waals surface area contributed by atoms with Gasteiger partial charge in [-0.2, -0.15) is 4.98 Å². The van der Waals surface area contributed by atoms with Gasteiger partial charge in [0.25, 0.3) is 5.56 Å². The first-order valence-electron chi connectivity index (χ1n) is 6.82. The molecule has 2 aromatic rings. The molecule has 0 amide bonds. The Bertz CT molecular complexity index is 724. The fraction of sp³-hybridized carbons (Fsp3) is 0.538. The largest absolute Gasteiger partial charge is 0.337 e. The molecule has 7 heteroatoms. The van der Waals surface area contributed by atoms with E-state index in [9.17, 15) is 9.59 Å². The number of aromatic nitrogens is 4. The minimum atomic E-state index is -0.353. The van der Waals surface area contributed by atoms with E-state index in [0.29, 0.717) is 24.2 Å². The van der Waals surface area contributed by atoms with Gasteiger partial charge in [0.15, 0.2) is 5.82 Å². The molecule has 0 spiro atoms. The van der Waals surface area contributed by atoms with Crippen molar-refractivity contribution in [1.82, 2.24) is 19.3 Å². The van der Waals surface area contributed by atoms with Crippen molar-refractivity contribution in [3.05, 3.63) is 44.8 Å². The molecule has 0 bridgehead atoms. The second kappa shape index (κ2) is 5.07. The lowest BCUT2D eigenvalue weighted by Gasteiger charge is -2.06. The van der Waals surface area contributed by atoms with Crippen molar-refractivity contribution in [2.75, 3.05) is 0 Å². The van der Waals surface area contributed by atoms with Gasteiger partial charge >= 0.3 is 5.69 Å². The zero-order valence-electron chi connectivity index (χ0n) is 11.3. The van der Waals surface area contributed by atoms with E-state index in [1.54, 1.807) is 0 Å². The van der Waals surface area contributed by atoms with Crippen molar-refractivity contribution in [2.45, 2.75) is 45.2 Å². The molecule has 1 aliphatic rings. The van der Waals surface area contributed by atoms with E-state index in [4.69, 9.17) is 4.52 Å². The van der Waals surface area contributed by atoms with Gasteiger partial charge in [0, 0.05) is 24.7 Å². The van der Waals surface area contributed by atoms with Crippen LogP contribution in [0.15, 0.2) is 26.4 Å². The van der Waals surface area contributed by atoms with Gasteiger partial charge in [-0.05, 0) is 19.3 Å². The van der Waals surface area contributed by atoms with E-state index in [1.807, 2.05) is 6.92 Å². The minimum Gasteiger partial charge on any atom is -0.337 e. The number of hydrogen-bond donors (Lipinski definition) is 0. The second-order valence-electron chi connectivity index (χ2n) is 5.04. The molecule has 3 rings (SSSR count). The Kier molecular flexibility index (Phi) is 3.25. The summed E-state index contributed by atoms with van der Waals surface area (Å²) in [6.45, 7) is 2.58. The van der Waals surface area contributed by atoms with Crippen molar-refractivity contribution in [1.29, 1.82) is 0 Å². The molecule has 0 unspecified atom stereocenters. The summed E-state index contributed by atoms with van der Waals surface area (Å²) < 4.78 is 7.75. The summed E-state index contributed by atoms with van der Waals surface area (Å²) in [5.41, 5.74) is -0.695. The van der Waals surface area contributed by atoms with Crippen molar-refractivity contribution < 1.29 is 4.52 Å². The summed E-state index contributed by atoms with van der Waals surface area (Å²) >= 11 is 0. The van der Waals surface area contributed by atoms with Gasteiger partial charge in [0.1, 0.15) is 6.54 Å². The maximum atomic E-state index is 12.2. The number of rotatable bonds is 5. The highest BCUT2D eigenvalue weighted by molar-refractivity contribution is 5.03. The Morgan fingerprint density at radius 2 is 2.20 bits per heavy atom. The van der Waals surface area contributed by atoms with Crippen LogP contribution in [0.5, 0.6) is 0 Å². The highest BCUT2D eigenvalue weighted by Crippen LogP contribution is 2.38. The predicted octanol–water partition coefficient (Wildman–Crippen LogP) is 0.729. The summed E-state index contributed by atoms with van der Waals surface area (Å²) in [5.74, 6) is 1.37. The average Bonchev–Trinajstić information content (AvgIpc) is 3.18. The van der Waals surface area contributed by atoms with Crippen LogP contribution in [0.25, 0.3) is 0 Å². The molecule has 2 aromatic heterocycles. The highest BCUT2D eigenvalue weighted by atomic mass is 16.5. The summed E-state index contributed by atoms with van der Waals surface area (Å²) in [4.78, 5) is 28.2. The predicted molar refractivity (Wildman–Crippen MR) is 70.6 cm³/mol. The van der Waals surface area contributed by atoms with Crippen LogP contribution in [0.4, 0.5) is 0 Å². The molecule has 0 N–H and O–H groups in total. The van der Waals surface area contributed by atoms with Crippen LogP contribution in [0, 0.1) is 0 Å². The molecular formula is C13H16N4O3. The summed E-state index contributed by atoms with van der Waals surface area (Å²) in [6.07, 6.45) is 4.50. The van der Waals surface area contributed by atoms with Gasteiger partial charge in [0.2, 0.25) is 5.89 Å².